The molecule has 1 fully saturated rings. The van der Waals surface area contributed by atoms with Gasteiger partial charge in [-0.1, -0.05) is 6.07 Å². The van der Waals surface area contributed by atoms with Crippen molar-refractivity contribution in [2.75, 3.05) is 18.5 Å². The van der Waals surface area contributed by atoms with Gasteiger partial charge in [0, 0.05) is 12.6 Å². The number of hydrogen-bond acceptors (Lipinski definition) is 2. The van der Waals surface area contributed by atoms with Gasteiger partial charge in [0.15, 0.2) is 0 Å². The van der Waals surface area contributed by atoms with Crippen LogP contribution in [0.2, 0.25) is 0 Å². The largest absolute Gasteiger partial charge is 0.379 e. The molecule has 1 unspecified atom stereocenters. The van der Waals surface area contributed by atoms with Crippen molar-refractivity contribution in [2.45, 2.75) is 18.9 Å². The van der Waals surface area contributed by atoms with Crippen LogP contribution in [0.25, 0.3) is 0 Å². The number of halogens is 2. The number of ether oxygens (including phenoxy) is 1. The second kappa shape index (κ2) is 4.57. The molecule has 1 aliphatic heterocycles. The monoisotopic (exact) mass is 213 g/mol. The topological polar surface area (TPSA) is 21.3 Å². The van der Waals surface area contributed by atoms with Crippen LogP contribution < -0.4 is 5.32 Å². The molecular weight excluding hydrogens is 200 g/mol. The Hall–Kier alpha value is -1.16. The minimum Gasteiger partial charge on any atom is -0.379 e. The minimum absolute atomic E-state index is 0.00477. The van der Waals surface area contributed by atoms with E-state index in [0.29, 0.717) is 6.61 Å². The first-order chi connectivity index (χ1) is 7.27. The standard InChI is InChI=1S/C11H13F2NO/c12-9-4-1-5-10(13)11(9)14-8-3-2-6-15-7-8/h1,4-5,8,14H,2-3,6-7H2. The van der Waals surface area contributed by atoms with E-state index in [1.165, 1.54) is 18.2 Å². The molecule has 1 N–H and O–H groups in total. The molecule has 1 aliphatic rings. The average Bonchev–Trinajstić information content (AvgIpc) is 2.25. The van der Waals surface area contributed by atoms with Crippen LogP contribution in [0.3, 0.4) is 0 Å². The molecule has 0 bridgehead atoms. The van der Waals surface area contributed by atoms with Crippen molar-refractivity contribution in [3.63, 3.8) is 0 Å². The van der Waals surface area contributed by atoms with Gasteiger partial charge in [-0.3, -0.25) is 0 Å². The summed E-state index contributed by atoms with van der Waals surface area (Å²) in [4.78, 5) is 0. The van der Waals surface area contributed by atoms with Gasteiger partial charge in [-0.2, -0.15) is 0 Å². The highest BCUT2D eigenvalue weighted by molar-refractivity contribution is 5.46. The molecular formula is C11H13F2NO. The first-order valence-corrected chi connectivity index (χ1v) is 5.05. The summed E-state index contributed by atoms with van der Waals surface area (Å²) in [5.41, 5.74) is -0.0481. The second-order valence-corrected chi connectivity index (χ2v) is 3.66. The summed E-state index contributed by atoms with van der Waals surface area (Å²) in [6.07, 6.45) is 1.81. The fourth-order valence-electron chi connectivity index (χ4n) is 1.69. The Morgan fingerprint density at radius 3 is 2.60 bits per heavy atom. The first-order valence-electron chi connectivity index (χ1n) is 5.05. The Balaban J connectivity index is 2.09. The summed E-state index contributed by atoms with van der Waals surface area (Å²) in [7, 11) is 0. The molecule has 0 spiro atoms. The highest BCUT2D eigenvalue weighted by Crippen LogP contribution is 2.21. The Labute approximate surface area is 87.2 Å². The van der Waals surface area contributed by atoms with Gasteiger partial charge >= 0.3 is 0 Å². The zero-order valence-electron chi connectivity index (χ0n) is 8.30. The number of para-hydroxylation sites is 1. The molecule has 0 radical (unpaired) electrons. The smallest absolute Gasteiger partial charge is 0.149 e. The number of anilines is 1. The van der Waals surface area contributed by atoms with Gasteiger partial charge in [-0.25, -0.2) is 8.78 Å². The van der Waals surface area contributed by atoms with Crippen molar-refractivity contribution in [2.24, 2.45) is 0 Å². The fraction of sp³-hybridized carbons (Fsp3) is 0.455. The predicted octanol–water partition coefficient (Wildman–Crippen LogP) is 2.56. The molecule has 2 nitrogen and oxygen atoms in total. The van der Waals surface area contributed by atoms with Crippen LogP contribution in [-0.2, 0) is 4.74 Å². The lowest BCUT2D eigenvalue weighted by molar-refractivity contribution is 0.0874. The van der Waals surface area contributed by atoms with Crippen molar-refractivity contribution >= 4 is 5.69 Å². The molecule has 0 aliphatic carbocycles. The van der Waals surface area contributed by atoms with E-state index in [4.69, 9.17) is 4.74 Å². The van der Waals surface area contributed by atoms with E-state index < -0.39 is 11.6 Å². The van der Waals surface area contributed by atoms with Gasteiger partial charge in [0.2, 0.25) is 0 Å². The Morgan fingerprint density at radius 1 is 1.27 bits per heavy atom. The quantitative estimate of drug-likeness (QED) is 0.815. The molecule has 1 heterocycles. The lowest BCUT2D eigenvalue weighted by Crippen LogP contribution is -2.30. The summed E-state index contributed by atoms with van der Waals surface area (Å²) in [5.74, 6) is -1.11. The summed E-state index contributed by atoms with van der Waals surface area (Å²) in [5, 5.41) is 2.84. The van der Waals surface area contributed by atoms with Gasteiger partial charge in [0.1, 0.15) is 17.3 Å². The number of nitrogens with one attached hydrogen (secondary N) is 1. The predicted molar refractivity (Wildman–Crippen MR) is 53.8 cm³/mol. The zero-order valence-corrected chi connectivity index (χ0v) is 8.30. The maximum absolute atomic E-state index is 13.3. The third kappa shape index (κ3) is 2.45. The molecule has 4 heteroatoms. The van der Waals surface area contributed by atoms with Crippen LogP contribution in [0, 0.1) is 11.6 Å². The van der Waals surface area contributed by atoms with Crippen molar-refractivity contribution in [1.29, 1.82) is 0 Å². The second-order valence-electron chi connectivity index (χ2n) is 3.66. The third-order valence-corrected chi connectivity index (χ3v) is 2.47. The highest BCUT2D eigenvalue weighted by atomic mass is 19.1. The van der Waals surface area contributed by atoms with Crippen LogP contribution in [0.1, 0.15) is 12.8 Å². The molecule has 82 valence electrons. The highest BCUT2D eigenvalue weighted by Gasteiger charge is 2.17. The first kappa shape index (κ1) is 10.4. The van der Waals surface area contributed by atoms with Crippen molar-refractivity contribution < 1.29 is 13.5 Å². The van der Waals surface area contributed by atoms with E-state index in [2.05, 4.69) is 5.32 Å². The van der Waals surface area contributed by atoms with Gasteiger partial charge < -0.3 is 10.1 Å². The van der Waals surface area contributed by atoms with E-state index in [1.807, 2.05) is 0 Å². The Kier molecular flexibility index (Phi) is 3.16. The molecule has 1 aromatic rings. The van der Waals surface area contributed by atoms with E-state index >= 15 is 0 Å². The van der Waals surface area contributed by atoms with E-state index in [0.717, 1.165) is 19.4 Å². The van der Waals surface area contributed by atoms with Crippen LogP contribution in [-0.4, -0.2) is 19.3 Å². The maximum atomic E-state index is 13.3. The van der Waals surface area contributed by atoms with Crippen molar-refractivity contribution in [1.82, 2.24) is 0 Å². The SMILES string of the molecule is Fc1cccc(F)c1NC1CCCOC1. The van der Waals surface area contributed by atoms with Gasteiger partial charge in [-0.15, -0.1) is 0 Å². The summed E-state index contributed by atoms with van der Waals surface area (Å²) in [6.45, 7) is 1.24. The third-order valence-electron chi connectivity index (χ3n) is 2.47. The summed E-state index contributed by atoms with van der Waals surface area (Å²) < 4.78 is 31.8. The number of hydrogen-bond donors (Lipinski definition) is 1. The zero-order chi connectivity index (χ0) is 10.7. The molecule has 2 rings (SSSR count). The summed E-state index contributed by atoms with van der Waals surface area (Å²) in [6, 6.07) is 3.85. The lowest BCUT2D eigenvalue weighted by atomic mass is 10.1. The van der Waals surface area contributed by atoms with Crippen LogP contribution >= 0.6 is 0 Å². The molecule has 0 amide bonds. The van der Waals surface area contributed by atoms with Crippen LogP contribution in [0.5, 0.6) is 0 Å². The van der Waals surface area contributed by atoms with E-state index in [-0.39, 0.29) is 11.7 Å². The Bertz CT molecular complexity index is 317. The van der Waals surface area contributed by atoms with E-state index in [1.54, 1.807) is 0 Å². The number of rotatable bonds is 2. The van der Waals surface area contributed by atoms with Gasteiger partial charge in [0.05, 0.1) is 6.61 Å². The normalized spacial score (nSPS) is 21.3. The maximum Gasteiger partial charge on any atom is 0.149 e. The fourth-order valence-corrected chi connectivity index (χ4v) is 1.69. The van der Waals surface area contributed by atoms with Gasteiger partial charge in [-0.05, 0) is 25.0 Å². The van der Waals surface area contributed by atoms with Crippen LogP contribution in [0.15, 0.2) is 18.2 Å². The molecule has 1 aromatic carbocycles. The van der Waals surface area contributed by atoms with Crippen molar-refractivity contribution in [3.05, 3.63) is 29.8 Å². The van der Waals surface area contributed by atoms with Gasteiger partial charge in [0.25, 0.3) is 0 Å². The van der Waals surface area contributed by atoms with Crippen molar-refractivity contribution in [3.8, 4) is 0 Å². The number of benzene rings is 1. The average molecular weight is 213 g/mol. The minimum atomic E-state index is -0.555. The molecule has 1 saturated heterocycles. The molecule has 1 atom stereocenters. The van der Waals surface area contributed by atoms with Crippen LogP contribution in [0.4, 0.5) is 14.5 Å². The van der Waals surface area contributed by atoms with E-state index in [9.17, 15) is 8.78 Å². The Morgan fingerprint density at radius 2 is 2.00 bits per heavy atom. The molecule has 15 heavy (non-hydrogen) atoms. The summed E-state index contributed by atoms with van der Waals surface area (Å²) >= 11 is 0. The molecule has 0 aromatic heterocycles. The molecule has 0 saturated carbocycles. The lowest BCUT2D eigenvalue weighted by Gasteiger charge is -2.24.